The third-order valence-electron chi connectivity index (χ3n) is 5.25. The smallest absolute Gasteiger partial charge is 0.306 e. The number of nitrogens with zero attached hydrogens (tertiary/aromatic N) is 2. The second-order valence-electron chi connectivity index (χ2n) is 6.99. The number of H-pyrrole nitrogens is 1. The van der Waals surface area contributed by atoms with Gasteiger partial charge in [-0.1, -0.05) is 23.7 Å². The Morgan fingerprint density at radius 2 is 1.86 bits per heavy atom. The summed E-state index contributed by atoms with van der Waals surface area (Å²) in [6.45, 7) is 0. The number of aromatic nitrogens is 3. The van der Waals surface area contributed by atoms with Gasteiger partial charge in [0.05, 0.1) is 21.9 Å². The number of ketones is 1. The van der Waals surface area contributed by atoms with Crippen molar-refractivity contribution in [2.45, 2.75) is 31.7 Å². The van der Waals surface area contributed by atoms with Crippen LogP contribution in [0.4, 0.5) is 5.82 Å². The molecule has 0 amide bonds. The van der Waals surface area contributed by atoms with E-state index in [1.807, 2.05) is 0 Å². The third-order valence-corrected chi connectivity index (χ3v) is 5.58. The highest BCUT2D eigenvalue weighted by molar-refractivity contribution is 6.35. The number of carboxylic acid groups (broad SMARTS) is 1. The maximum atomic E-state index is 13.1. The highest BCUT2D eigenvalue weighted by atomic mass is 35.5. The van der Waals surface area contributed by atoms with E-state index in [-0.39, 0.29) is 17.7 Å². The maximum absolute atomic E-state index is 13.1. The van der Waals surface area contributed by atoms with E-state index in [2.05, 4.69) is 20.3 Å². The molecule has 0 spiro atoms. The molecule has 0 bridgehead atoms. The van der Waals surface area contributed by atoms with Crippen LogP contribution in [-0.2, 0) is 4.79 Å². The van der Waals surface area contributed by atoms with Crippen molar-refractivity contribution in [1.29, 1.82) is 0 Å². The number of carbonyl (C=O) groups excluding carboxylic acids is 1. The number of fused-ring (bicyclic) bond motifs is 1. The van der Waals surface area contributed by atoms with E-state index in [0.29, 0.717) is 45.8 Å². The molecular formula is C20H19ClN4O3. The Labute approximate surface area is 166 Å². The van der Waals surface area contributed by atoms with E-state index < -0.39 is 5.97 Å². The Balaban J connectivity index is 1.64. The van der Waals surface area contributed by atoms with Crippen molar-refractivity contribution in [2.24, 2.45) is 5.92 Å². The fourth-order valence-corrected chi connectivity index (χ4v) is 3.94. The lowest BCUT2D eigenvalue weighted by Gasteiger charge is -2.27. The minimum Gasteiger partial charge on any atom is -0.481 e. The summed E-state index contributed by atoms with van der Waals surface area (Å²) in [4.78, 5) is 35.8. The normalized spacial score (nSPS) is 19.5. The molecule has 1 aliphatic rings. The van der Waals surface area contributed by atoms with Crippen LogP contribution >= 0.6 is 11.6 Å². The zero-order valence-electron chi connectivity index (χ0n) is 15.0. The SMILES string of the molecule is O=C(c1ccccc1Cl)c1c[nH]c2ncnc(N[C@H]3CC[C@@H](C(=O)O)CC3)c12. The van der Waals surface area contributed by atoms with Crippen molar-refractivity contribution in [2.75, 3.05) is 5.32 Å². The summed E-state index contributed by atoms with van der Waals surface area (Å²) < 4.78 is 0. The Morgan fingerprint density at radius 1 is 1.11 bits per heavy atom. The van der Waals surface area contributed by atoms with Gasteiger partial charge in [0.15, 0.2) is 5.78 Å². The van der Waals surface area contributed by atoms with Gasteiger partial charge in [-0.15, -0.1) is 0 Å². The molecule has 7 nitrogen and oxygen atoms in total. The van der Waals surface area contributed by atoms with Gasteiger partial charge in [-0.2, -0.15) is 0 Å². The highest BCUT2D eigenvalue weighted by Crippen LogP contribution is 2.31. The molecule has 2 heterocycles. The number of aliphatic carboxylic acids is 1. The number of hydrogen-bond acceptors (Lipinski definition) is 5. The van der Waals surface area contributed by atoms with Gasteiger partial charge in [0.25, 0.3) is 0 Å². The largest absolute Gasteiger partial charge is 0.481 e. The number of carbonyl (C=O) groups is 2. The zero-order valence-corrected chi connectivity index (χ0v) is 15.7. The molecule has 0 atom stereocenters. The summed E-state index contributed by atoms with van der Waals surface area (Å²) in [5.41, 5.74) is 1.43. The van der Waals surface area contributed by atoms with Crippen LogP contribution in [0.15, 0.2) is 36.8 Å². The number of halogens is 1. The predicted molar refractivity (Wildman–Crippen MR) is 106 cm³/mol. The molecule has 0 saturated heterocycles. The number of carboxylic acids is 1. The summed E-state index contributed by atoms with van der Waals surface area (Å²) in [6, 6.07) is 7.02. The second-order valence-corrected chi connectivity index (χ2v) is 7.40. The van der Waals surface area contributed by atoms with E-state index in [1.165, 1.54) is 6.33 Å². The molecule has 8 heteroatoms. The minimum atomic E-state index is -0.735. The molecule has 2 aromatic heterocycles. The van der Waals surface area contributed by atoms with E-state index in [9.17, 15) is 9.59 Å². The van der Waals surface area contributed by atoms with Gasteiger partial charge in [0, 0.05) is 17.8 Å². The first kappa shape index (κ1) is 18.4. The fraction of sp³-hybridized carbons (Fsp3) is 0.300. The Bertz CT molecular complexity index is 1040. The lowest BCUT2D eigenvalue weighted by Crippen LogP contribution is -2.29. The van der Waals surface area contributed by atoms with E-state index >= 15 is 0 Å². The van der Waals surface area contributed by atoms with Crippen molar-refractivity contribution in [3.63, 3.8) is 0 Å². The molecule has 3 aromatic rings. The fourth-order valence-electron chi connectivity index (χ4n) is 3.72. The second kappa shape index (κ2) is 7.59. The number of benzene rings is 1. The van der Waals surface area contributed by atoms with Gasteiger partial charge in [-0.25, -0.2) is 9.97 Å². The van der Waals surface area contributed by atoms with Gasteiger partial charge >= 0.3 is 5.97 Å². The summed E-state index contributed by atoms with van der Waals surface area (Å²) in [5, 5.41) is 13.6. The first-order chi connectivity index (χ1) is 13.5. The van der Waals surface area contributed by atoms with Crippen molar-refractivity contribution in [1.82, 2.24) is 15.0 Å². The van der Waals surface area contributed by atoms with Gasteiger partial charge in [0.2, 0.25) is 0 Å². The third kappa shape index (κ3) is 3.45. The molecule has 1 aliphatic carbocycles. The molecule has 1 aromatic carbocycles. The standard InChI is InChI=1S/C20H19ClN4O3/c21-15-4-2-1-3-13(15)17(26)14-9-22-18-16(14)19(24-10-23-18)25-12-7-5-11(6-8-12)20(27)28/h1-4,9-12H,5-8H2,(H,27,28)(H2,22,23,24,25)/t11-,12+. The van der Waals surface area contributed by atoms with Crippen molar-refractivity contribution in [3.8, 4) is 0 Å². The zero-order chi connectivity index (χ0) is 19.7. The summed E-state index contributed by atoms with van der Waals surface area (Å²) in [6.07, 6.45) is 5.78. The van der Waals surface area contributed by atoms with Crippen LogP contribution in [0.1, 0.15) is 41.6 Å². The van der Waals surface area contributed by atoms with Crippen LogP contribution in [0.2, 0.25) is 5.02 Å². The molecule has 0 aliphatic heterocycles. The van der Waals surface area contributed by atoms with Crippen LogP contribution in [0.5, 0.6) is 0 Å². The monoisotopic (exact) mass is 398 g/mol. The quantitative estimate of drug-likeness (QED) is 0.562. The van der Waals surface area contributed by atoms with Crippen LogP contribution in [0.25, 0.3) is 11.0 Å². The Kier molecular flexibility index (Phi) is 5.00. The van der Waals surface area contributed by atoms with Gasteiger partial charge < -0.3 is 15.4 Å². The molecule has 1 fully saturated rings. The van der Waals surface area contributed by atoms with Gasteiger partial charge in [0.1, 0.15) is 17.8 Å². The van der Waals surface area contributed by atoms with Gasteiger partial charge in [-0.05, 0) is 37.8 Å². The molecular weight excluding hydrogens is 380 g/mol. The minimum absolute atomic E-state index is 0.104. The van der Waals surface area contributed by atoms with Gasteiger partial charge in [-0.3, -0.25) is 9.59 Å². The Morgan fingerprint density at radius 3 is 2.57 bits per heavy atom. The van der Waals surface area contributed by atoms with Crippen molar-refractivity contribution >= 4 is 40.2 Å². The maximum Gasteiger partial charge on any atom is 0.306 e. The van der Waals surface area contributed by atoms with Crippen molar-refractivity contribution < 1.29 is 14.7 Å². The summed E-state index contributed by atoms with van der Waals surface area (Å²) in [5.74, 6) is -0.654. The molecule has 28 heavy (non-hydrogen) atoms. The molecule has 4 rings (SSSR count). The predicted octanol–water partition coefficient (Wildman–Crippen LogP) is 3.90. The Hall–Kier alpha value is -2.93. The molecule has 1 saturated carbocycles. The van der Waals surface area contributed by atoms with Crippen LogP contribution in [-0.4, -0.2) is 37.9 Å². The first-order valence-electron chi connectivity index (χ1n) is 9.15. The topological polar surface area (TPSA) is 108 Å². The molecule has 0 radical (unpaired) electrons. The van der Waals surface area contributed by atoms with Crippen LogP contribution < -0.4 is 5.32 Å². The van der Waals surface area contributed by atoms with Crippen LogP contribution in [0.3, 0.4) is 0 Å². The number of aromatic amines is 1. The molecule has 144 valence electrons. The number of hydrogen-bond donors (Lipinski definition) is 3. The van der Waals surface area contributed by atoms with Crippen LogP contribution in [0, 0.1) is 5.92 Å². The lowest BCUT2D eigenvalue weighted by atomic mass is 9.86. The summed E-state index contributed by atoms with van der Waals surface area (Å²) in [7, 11) is 0. The average Bonchev–Trinajstić information content (AvgIpc) is 3.13. The van der Waals surface area contributed by atoms with Crippen molar-refractivity contribution in [3.05, 3.63) is 52.9 Å². The number of rotatable bonds is 5. The average molecular weight is 399 g/mol. The highest BCUT2D eigenvalue weighted by Gasteiger charge is 2.27. The van der Waals surface area contributed by atoms with E-state index in [4.69, 9.17) is 16.7 Å². The first-order valence-corrected chi connectivity index (χ1v) is 9.53. The molecule has 3 N–H and O–H groups in total. The number of nitrogens with one attached hydrogen (secondary N) is 2. The lowest BCUT2D eigenvalue weighted by molar-refractivity contribution is -0.142. The van der Waals surface area contributed by atoms with E-state index in [0.717, 1.165) is 12.8 Å². The molecule has 0 unspecified atom stereocenters. The van der Waals surface area contributed by atoms with E-state index in [1.54, 1.807) is 30.5 Å². The number of anilines is 1. The summed E-state index contributed by atoms with van der Waals surface area (Å²) >= 11 is 6.20.